The molecular weight excluding hydrogens is 254 g/mol. The van der Waals surface area contributed by atoms with E-state index in [-0.39, 0.29) is 0 Å². The number of alkyl halides is 1. The van der Waals surface area contributed by atoms with Gasteiger partial charge in [0.2, 0.25) is 0 Å². The first-order valence-electron chi connectivity index (χ1n) is 5.51. The van der Waals surface area contributed by atoms with Crippen molar-refractivity contribution in [2.24, 2.45) is 0 Å². The molecule has 0 amide bonds. The molecule has 82 valence electrons. The Bertz CT molecular complexity index is 285. The summed E-state index contributed by atoms with van der Waals surface area (Å²) in [5.41, 5.74) is 1.32. The fourth-order valence-corrected chi connectivity index (χ4v) is 2.72. The summed E-state index contributed by atoms with van der Waals surface area (Å²) in [5.74, 6) is 0. The third-order valence-corrected chi connectivity index (χ3v) is 3.71. The Morgan fingerprint density at radius 1 is 1.40 bits per heavy atom. The lowest BCUT2D eigenvalue weighted by Crippen LogP contribution is -2.29. The first kappa shape index (κ1) is 11.1. The fraction of sp³-hybridized carbons (Fsp3) is 0.583. The monoisotopic (exact) mass is 269 g/mol. The van der Waals surface area contributed by atoms with E-state index < -0.39 is 0 Å². The molecule has 1 aromatic rings. The van der Waals surface area contributed by atoms with Gasteiger partial charge in [0, 0.05) is 23.8 Å². The maximum atomic E-state index is 5.75. The van der Waals surface area contributed by atoms with E-state index in [9.17, 15) is 0 Å². The molecule has 0 spiro atoms. The molecule has 1 aliphatic rings. The summed E-state index contributed by atoms with van der Waals surface area (Å²) in [7, 11) is 0. The zero-order valence-electron chi connectivity index (χ0n) is 8.73. The van der Waals surface area contributed by atoms with Gasteiger partial charge < -0.3 is 4.74 Å². The number of nitrogens with zero attached hydrogens (tertiary/aromatic N) is 1. The summed E-state index contributed by atoms with van der Waals surface area (Å²) < 4.78 is 5.75. The molecule has 2 nitrogen and oxygen atoms in total. The van der Waals surface area contributed by atoms with Crippen LogP contribution in [-0.2, 0) is 11.2 Å². The molecule has 0 aliphatic carbocycles. The number of hydrogen-bond acceptors (Lipinski definition) is 2. The van der Waals surface area contributed by atoms with Crippen molar-refractivity contribution in [1.29, 1.82) is 0 Å². The van der Waals surface area contributed by atoms with Crippen LogP contribution in [0.4, 0.5) is 0 Å². The molecule has 15 heavy (non-hydrogen) atoms. The quantitative estimate of drug-likeness (QED) is 0.788. The Hall–Kier alpha value is -0.410. The number of hydrogen-bond donors (Lipinski definition) is 0. The minimum atomic E-state index is 0.381. The van der Waals surface area contributed by atoms with E-state index in [0.29, 0.717) is 10.9 Å². The molecule has 3 heteroatoms. The molecule has 0 aromatic carbocycles. The standard InChI is InChI=1S/C12H16BrNO/c13-11(12-3-1-2-8-15-12)9-10-4-6-14-7-5-10/h4-7,11-12H,1-3,8-9H2. The van der Waals surface area contributed by atoms with Crippen molar-refractivity contribution in [2.45, 2.75) is 36.6 Å². The Balaban J connectivity index is 1.88. The van der Waals surface area contributed by atoms with Gasteiger partial charge in [-0.3, -0.25) is 4.98 Å². The molecule has 2 heterocycles. The fourth-order valence-electron chi connectivity index (χ4n) is 1.93. The van der Waals surface area contributed by atoms with Crippen molar-refractivity contribution in [3.8, 4) is 0 Å². The first-order chi connectivity index (χ1) is 7.36. The van der Waals surface area contributed by atoms with Crippen molar-refractivity contribution in [2.75, 3.05) is 6.61 Å². The molecular formula is C12H16BrNO. The summed E-state index contributed by atoms with van der Waals surface area (Å²) in [6.45, 7) is 0.920. The third-order valence-electron chi connectivity index (χ3n) is 2.80. The molecule has 2 atom stereocenters. The van der Waals surface area contributed by atoms with E-state index in [0.717, 1.165) is 13.0 Å². The van der Waals surface area contributed by atoms with Gasteiger partial charge in [0.15, 0.2) is 0 Å². The second kappa shape index (κ2) is 5.61. The van der Waals surface area contributed by atoms with Crippen molar-refractivity contribution in [1.82, 2.24) is 4.98 Å². The van der Waals surface area contributed by atoms with Gasteiger partial charge in [0.25, 0.3) is 0 Å². The summed E-state index contributed by atoms with van der Waals surface area (Å²) in [4.78, 5) is 4.45. The summed E-state index contributed by atoms with van der Waals surface area (Å²) in [6, 6.07) is 4.13. The van der Waals surface area contributed by atoms with Gasteiger partial charge in [0.1, 0.15) is 0 Å². The largest absolute Gasteiger partial charge is 0.377 e. The number of rotatable bonds is 3. The molecule has 1 saturated heterocycles. The van der Waals surface area contributed by atoms with Gasteiger partial charge in [-0.1, -0.05) is 15.9 Å². The molecule has 0 radical (unpaired) electrons. The Labute approximate surface area is 99.2 Å². The Kier molecular flexibility index (Phi) is 4.15. The maximum Gasteiger partial charge on any atom is 0.0703 e. The van der Waals surface area contributed by atoms with Crippen LogP contribution in [0.1, 0.15) is 24.8 Å². The van der Waals surface area contributed by atoms with E-state index in [1.54, 1.807) is 0 Å². The van der Waals surface area contributed by atoms with Gasteiger partial charge in [0.05, 0.1) is 6.10 Å². The maximum absolute atomic E-state index is 5.75. The van der Waals surface area contributed by atoms with Gasteiger partial charge in [-0.15, -0.1) is 0 Å². The molecule has 1 fully saturated rings. The lowest BCUT2D eigenvalue weighted by Gasteiger charge is -2.26. The van der Waals surface area contributed by atoms with Crippen molar-refractivity contribution < 1.29 is 4.74 Å². The Morgan fingerprint density at radius 2 is 2.20 bits per heavy atom. The number of pyridine rings is 1. The van der Waals surface area contributed by atoms with Crippen LogP contribution in [0.5, 0.6) is 0 Å². The summed E-state index contributed by atoms with van der Waals surface area (Å²) in [5, 5.41) is 0. The normalized spacial score (nSPS) is 23.7. The van der Waals surface area contributed by atoms with Gasteiger partial charge >= 0.3 is 0 Å². The number of aromatic nitrogens is 1. The molecule has 0 N–H and O–H groups in total. The lowest BCUT2D eigenvalue weighted by atomic mass is 10.0. The van der Waals surface area contributed by atoms with Crippen LogP contribution in [0.15, 0.2) is 24.5 Å². The van der Waals surface area contributed by atoms with Crippen LogP contribution < -0.4 is 0 Å². The molecule has 2 unspecified atom stereocenters. The highest BCUT2D eigenvalue weighted by molar-refractivity contribution is 9.09. The lowest BCUT2D eigenvalue weighted by molar-refractivity contribution is 0.0164. The molecule has 0 saturated carbocycles. The van der Waals surface area contributed by atoms with E-state index in [2.05, 4.69) is 33.0 Å². The zero-order valence-corrected chi connectivity index (χ0v) is 10.3. The van der Waals surface area contributed by atoms with E-state index in [4.69, 9.17) is 4.74 Å². The van der Waals surface area contributed by atoms with Gasteiger partial charge in [-0.05, 0) is 43.4 Å². The predicted octanol–water partition coefficient (Wildman–Crippen LogP) is 2.96. The van der Waals surface area contributed by atoms with Gasteiger partial charge in [-0.2, -0.15) is 0 Å². The SMILES string of the molecule is BrC(Cc1ccncc1)C1CCCCO1. The Morgan fingerprint density at radius 3 is 2.87 bits per heavy atom. The van der Waals surface area contributed by atoms with E-state index in [1.165, 1.54) is 24.8 Å². The molecule has 2 rings (SSSR count). The van der Waals surface area contributed by atoms with E-state index in [1.807, 2.05) is 12.4 Å². The van der Waals surface area contributed by atoms with Crippen molar-refractivity contribution in [3.63, 3.8) is 0 Å². The summed E-state index contributed by atoms with van der Waals surface area (Å²) >= 11 is 3.73. The smallest absolute Gasteiger partial charge is 0.0703 e. The van der Waals surface area contributed by atoms with E-state index >= 15 is 0 Å². The van der Waals surface area contributed by atoms with Crippen LogP contribution in [0, 0.1) is 0 Å². The molecule has 0 bridgehead atoms. The number of halogens is 1. The second-order valence-corrected chi connectivity index (χ2v) is 5.16. The van der Waals surface area contributed by atoms with Crippen LogP contribution in [0.25, 0.3) is 0 Å². The van der Waals surface area contributed by atoms with Crippen molar-refractivity contribution in [3.05, 3.63) is 30.1 Å². The second-order valence-electron chi connectivity index (χ2n) is 3.98. The van der Waals surface area contributed by atoms with Crippen LogP contribution >= 0.6 is 15.9 Å². The van der Waals surface area contributed by atoms with Crippen LogP contribution in [0.3, 0.4) is 0 Å². The molecule has 1 aliphatic heterocycles. The topological polar surface area (TPSA) is 22.1 Å². The van der Waals surface area contributed by atoms with Crippen LogP contribution in [0.2, 0.25) is 0 Å². The molecule has 1 aromatic heterocycles. The van der Waals surface area contributed by atoms with Crippen LogP contribution in [-0.4, -0.2) is 22.5 Å². The number of ether oxygens (including phenoxy) is 1. The highest BCUT2D eigenvalue weighted by Gasteiger charge is 2.22. The average molecular weight is 270 g/mol. The minimum absolute atomic E-state index is 0.381. The predicted molar refractivity (Wildman–Crippen MR) is 64.2 cm³/mol. The average Bonchev–Trinajstić information content (AvgIpc) is 2.31. The van der Waals surface area contributed by atoms with Gasteiger partial charge in [-0.25, -0.2) is 0 Å². The highest BCUT2D eigenvalue weighted by Crippen LogP contribution is 2.23. The first-order valence-corrected chi connectivity index (χ1v) is 6.42. The highest BCUT2D eigenvalue weighted by atomic mass is 79.9. The third kappa shape index (κ3) is 3.28. The summed E-state index contributed by atoms with van der Waals surface area (Å²) in [6.07, 6.45) is 8.78. The van der Waals surface area contributed by atoms with Crippen molar-refractivity contribution >= 4 is 15.9 Å². The zero-order chi connectivity index (χ0) is 10.5. The minimum Gasteiger partial charge on any atom is -0.377 e.